The van der Waals surface area contributed by atoms with Crippen molar-refractivity contribution in [2.45, 2.75) is 26.7 Å². The Bertz CT molecular complexity index is 508. The maximum atomic E-state index is 5.96. The Kier molecular flexibility index (Phi) is 4.62. The molecular formula is C11H16ClN7. The summed E-state index contributed by atoms with van der Waals surface area (Å²) < 4.78 is 1.47. The van der Waals surface area contributed by atoms with Gasteiger partial charge < -0.3 is 4.90 Å². The topological polar surface area (TPSA) is 72.6 Å². The van der Waals surface area contributed by atoms with Crippen LogP contribution in [0, 0.1) is 0 Å². The van der Waals surface area contributed by atoms with Crippen LogP contribution in [-0.2, 0) is 0 Å². The third kappa shape index (κ3) is 3.37. The van der Waals surface area contributed by atoms with E-state index in [1.165, 1.54) is 17.3 Å². The highest BCUT2D eigenvalue weighted by Crippen LogP contribution is 2.13. The van der Waals surface area contributed by atoms with E-state index in [9.17, 15) is 0 Å². The molecule has 0 aliphatic carbocycles. The number of hydrogen-bond acceptors (Lipinski definition) is 6. The Morgan fingerprint density at radius 1 is 1.16 bits per heavy atom. The van der Waals surface area contributed by atoms with Crippen molar-refractivity contribution in [3.63, 3.8) is 0 Å². The Morgan fingerprint density at radius 3 is 2.47 bits per heavy atom. The summed E-state index contributed by atoms with van der Waals surface area (Å²) in [6.07, 6.45) is 4.98. The standard InChI is InChI=1S/C11H16ClN7/c1-3-5-18(6-4-2)10-15-9(12)16-11(17-10)19-8-13-7-14-19/h7-8H,3-6H2,1-2H3. The van der Waals surface area contributed by atoms with E-state index in [4.69, 9.17) is 11.6 Å². The molecule has 0 N–H and O–H groups in total. The summed E-state index contributed by atoms with van der Waals surface area (Å²) >= 11 is 5.96. The molecule has 0 saturated carbocycles. The molecule has 0 aliphatic rings. The highest BCUT2D eigenvalue weighted by Gasteiger charge is 2.13. The van der Waals surface area contributed by atoms with E-state index in [1.54, 1.807) is 0 Å². The van der Waals surface area contributed by atoms with Crippen LogP contribution in [0.2, 0.25) is 5.28 Å². The fraction of sp³-hybridized carbons (Fsp3) is 0.545. The van der Waals surface area contributed by atoms with Crippen LogP contribution in [-0.4, -0.2) is 42.8 Å². The molecule has 0 aromatic carbocycles. The highest BCUT2D eigenvalue weighted by molar-refractivity contribution is 6.28. The van der Waals surface area contributed by atoms with Crippen LogP contribution in [0.4, 0.5) is 5.95 Å². The molecule has 0 saturated heterocycles. The van der Waals surface area contributed by atoms with E-state index in [2.05, 4.69) is 43.8 Å². The molecular weight excluding hydrogens is 266 g/mol. The van der Waals surface area contributed by atoms with Crippen LogP contribution in [0.5, 0.6) is 0 Å². The molecule has 2 heterocycles. The predicted molar refractivity (Wildman–Crippen MR) is 72.5 cm³/mol. The number of nitrogens with zero attached hydrogens (tertiary/aromatic N) is 7. The van der Waals surface area contributed by atoms with Crippen LogP contribution in [0.15, 0.2) is 12.7 Å². The molecule has 102 valence electrons. The first-order chi connectivity index (χ1) is 9.24. The van der Waals surface area contributed by atoms with Gasteiger partial charge in [-0.3, -0.25) is 0 Å². The quantitative estimate of drug-likeness (QED) is 0.803. The number of anilines is 1. The lowest BCUT2D eigenvalue weighted by Crippen LogP contribution is -2.27. The summed E-state index contributed by atoms with van der Waals surface area (Å²) in [6.45, 7) is 5.99. The predicted octanol–water partition coefficient (Wildman–Crippen LogP) is 1.73. The Balaban J connectivity index is 2.34. The maximum Gasteiger partial charge on any atom is 0.258 e. The van der Waals surface area contributed by atoms with Crippen LogP contribution >= 0.6 is 11.6 Å². The average Bonchev–Trinajstić information content (AvgIpc) is 2.91. The Hall–Kier alpha value is -1.76. The summed E-state index contributed by atoms with van der Waals surface area (Å²) in [5.74, 6) is 0.957. The minimum Gasteiger partial charge on any atom is -0.341 e. The van der Waals surface area contributed by atoms with Gasteiger partial charge >= 0.3 is 0 Å². The van der Waals surface area contributed by atoms with Gasteiger partial charge in [0, 0.05) is 13.1 Å². The second-order valence-electron chi connectivity index (χ2n) is 4.03. The summed E-state index contributed by atoms with van der Waals surface area (Å²) in [5, 5.41) is 4.16. The van der Waals surface area contributed by atoms with Crippen molar-refractivity contribution in [2.75, 3.05) is 18.0 Å². The molecule has 2 aromatic heterocycles. The molecule has 0 bridgehead atoms. The lowest BCUT2D eigenvalue weighted by molar-refractivity contribution is 0.705. The van der Waals surface area contributed by atoms with Gasteiger partial charge in [-0.25, -0.2) is 4.98 Å². The van der Waals surface area contributed by atoms with Gasteiger partial charge in [-0.1, -0.05) is 13.8 Å². The van der Waals surface area contributed by atoms with E-state index in [1.807, 2.05) is 0 Å². The summed E-state index contributed by atoms with van der Waals surface area (Å²) in [6, 6.07) is 0. The molecule has 7 nitrogen and oxygen atoms in total. The van der Waals surface area contributed by atoms with Crippen molar-refractivity contribution in [3.05, 3.63) is 17.9 Å². The minimum absolute atomic E-state index is 0.160. The first-order valence-electron chi connectivity index (χ1n) is 6.26. The number of rotatable bonds is 6. The second-order valence-corrected chi connectivity index (χ2v) is 4.37. The van der Waals surface area contributed by atoms with Gasteiger partial charge in [-0.05, 0) is 24.4 Å². The molecule has 0 aliphatic heterocycles. The third-order valence-electron chi connectivity index (χ3n) is 2.48. The molecule has 0 fully saturated rings. The molecule has 0 amide bonds. The van der Waals surface area contributed by atoms with Gasteiger partial charge in [0.2, 0.25) is 11.2 Å². The molecule has 19 heavy (non-hydrogen) atoms. The fourth-order valence-corrected chi connectivity index (χ4v) is 1.89. The number of hydrogen-bond donors (Lipinski definition) is 0. The normalized spacial score (nSPS) is 10.7. The smallest absolute Gasteiger partial charge is 0.258 e. The zero-order chi connectivity index (χ0) is 13.7. The monoisotopic (exact) mass is 281 g/mol. The molecule has 0 atom stereocenters. The van der Waals surface area contributed by atoms with Crippen LogP contribution < -0.4 is 4.90 Å². The van der Waals surface area contributed by atoms with Crippen molar-refractivity contribution >= 4 is 17.5 Å². The van der Waals surface area contributed by atoms with E-state index in [0.29, 0.717) is 11.9 Å². The van der Waals surface area contributed by atoms with Crippen molar-refractivity contribution < 1.29 is 0 Å². The van der Waals surface area contributed by atoms with Gasteiger partial charge in [-0.2, -0.15) is 24.7 Å². The summed E-state index contributed by atoms with van der Waals surface area (Å²) in [5.41, 5.74) is 0. The molecule has 2 aromatic rings. The largest absolute Gasteiger partial charge is 0.341 e. The zero-order valence-corrected chi connectivity index (χ0v) is 11.7. The number of halogens is 1. The van der Waals surface area contributed by atoms with E-state index >= 15 is 0 Å². The van der Waals surface area contributed by atoms with Gasteiger partial charge in [0.1, 0.15) is 12.7 Å². The summed E-state index contributed by atoms with van der Waals surface area (Å²) in [7, 11) is 0. The first kappa shape index (κ1) is 13.7. The third-order valence-corrected chi connectivity index (χ3v) is 2.65. The van der Waals surface area contributed by atoms with E-state index in [0.717, 1.165) is 25.9 Å². The average molecular weight is 282 g/mol. The van der Waals surface area contributed by atoms with Crippen molar-refractivity contribution in [1.29, 1.82) is 0 Å². The second kappa shape index (κ2) is 6.42. The Labute approximate surface area is 116 Å². The molecule has 2 rings (SSSR count). The SMILES string of the molecule is CCCN(CCC)c1nc(Cl)nc(-n2cncn2)n1. The van der Waals surface area contributed by atoms with Gasteiger partial charge in [0.05, 0.1) is 0 Å². The van der Waals surface area contributed by atoms with Crippen LogP contribution in [0.1, 0.15) is 26.7 Å². The summed E-state index contributed by atoms with van der Waals surface area (Å²) in [4.78, 5) is 18.6. The molecule has 8 heteroatoms. The zero-order valence-electron chi connectivity index (χ0n) is 11.0. The maximum absolute atomic E-state index is 5.96. The van der Waals surface area contributed by atoms with Gasteiger partial charge in [-0.15, -0.1) is 0 Å². The fourth-order valence-electron chi connectivity index (χ4n) is 1.74. The van der Waals surface area contributed by atoms with Crippen molar-refractivity contribution in [3.8, 4) is 5.95 Å². The molecule has 0 unspecified atom stereocenters. The van der Waals surface area contributed by atoms with E-state index in [-0.39, 0.29) is 5.28 Å². The van der Waals surface area contributed by atoms with Crippen molar-refractivity contribution in [2.24, 2.45) is 0 Å². The van der Waals surface area contributed by atoms with Gasteiger partial charge in [0.15, 0.2) is 0 Å². The molecule has 0 radical (unpaired) electrons. The minimum atomic E-state index is 0.160. The molecule has 0 spiro atoms. The Morgan fingerprint density at radius 2 is 1.89 bits per heavy atom. The van der Waals surface area contributed by atoms with Crippen LogP contribution in [0.3, 0.4) is 0 Å². The van der Waals surface area contributed by atoms with Crippen molar-refractivity contribution in [1.82, 2.24) is 29.7 Å². The van der Waals surface area contributed by atoms with Gasteiger partial charge in [0.25, 0.3) is 5.95 Å². The van der Waals surface area contributed by atoms with E-state index < -0.39 is 0 Å². The lowest BCUT2D eigenvalue weighted by Gasteiger charge is -2.21. The highest BCUT2D eigenvalue weighted by atomic mass is 35.5. The first-order valence-corrected chi connectivity index (χ1v) is 6.64. The number of aromatic nitrogens is 6. The lowest BCUT2D eigenvalue weighted by atomic mass is 10.4. The van der Waals surface area contributed by atoms with Crippen LogP contribution in [0.25, 0.3) is 5.95 Å².